The Morgan fingerprint density at radius 2 is 1.92 bits per heavy atom. The van der Waals surface area contributed by atoms with Gasteiger partial charge in [0.05, 0.1) is 5.69 Å². The van der Waals surface area contributed by atoms with Crippen LogP contribution in [0.3, 0.4) is 0 Å². The molecule has 0 atom stereocenters. The van der Waals surface area contributed by atoms with Crippen molar-refractivity contribution >= 4 is 5.91 Å². The number of aromatic nitrogens is 3. The Hall–Kier alpha value is -2.44. The summed E-state index contributed by atoms with van der Waals surface area (Å²) in [6, 6.07) is 1.84. The molecule has 0 saturated carbocycles. The lowest BCUT2D eigenvalue weighted by molar-refractivity contribution is 0.0585. The molecule has 0 aromatic carbocycles. The first-order valence-electron chi connectivity index (χ1n) is 8.15. The molecule has 0 spiro atoms. The van der Waals surface area contributed by atoms with Gasteiger partial charge in [0.1, 0.15) is 23.3 Å². The van der Waals surface area contributed by atoms with Gasteiger partial charge in [-0.15, -0.1) is 0 Å². The number of carbonyl (C=O) groups is 1. The maximum atomic E-state index is 12.6. The molecule has 0 bridgehead atoms. The minimum absolute atomic E-state index is 0.0153. The molecule has 1 fully saturated rings. The van der Waals surface area contributed by atoms with Crippen LogP contribution in [0.2, 0.25) is 0 Å². The van der Waals surface area contributed by atoms with Gasteiger partial charge in [-0.3, -0.25) is 4.79 Å². The van der Waals surface area contributed by atoms with Crippen LogP contribution in [-0.2, 0) is 0 Å². The Morgan fingerprint density at radius 1 is 1.21 bits per heavy atom. The summed E-state index contributed by atoms with van der Waals surface area (Å²) in [6.45, 7) is 8.63. The molecule has 1 aliphatic rings. The van der Waals surface area contributed by atoms with Crippen molar-refractivity contribution in [3.63, 3.8) is 0 Å². The summed E-state index contributed by atoms with van der Waals surface area (Å²) >= 11 is 0. The van der Waals surface area contributed by atoms with E-state index >= 15 is 0 Å². The third-order valence-corrected chi connectivity index (χ3v) is 4.21. The number of aryl methyl sites for hydroxylation is 4. The van der Waals surface area contributed by atoms with Gasteiger partial charge in [-0.1, -0.05) is 5.16 Å². The SMILES string of the molecule is Cc1cc(OC2CCN(C(=O)c3c(C)noc3C)CC2)nc(C)n1. The number of likely N-dealkylation sites (tertiary alicyclic amines) is 1. The minimum Gasteiger partial charge on any atom is -0.474 e. The van der Waals surface area contributed by atoms with Crippen molar-refractivity contribution in [2.75, 3.05) is 13.1 Å². The van der Waals surface area contributed by atoms with Gasteiger partial charge in [-0.25, -0.2) is 4.98 Å². The lowest BCUT2D eigenvalue weighted by Crippen LogP contribution is -2.42. The fourth-order valence-corrected chi connectivity index (χ4v) is 3.04. The monoisotopic (exact) mass is 330 g/mol. The van der Waals surface area contributed by atoms with E-state index in [1.165, 1.54) is 0 Å². The van der Waals surface area contributed by atoms with Crippen molar-refractivity contribution in [1.82, 2.24) is 20.0 Å². The molecule has 128 valence electrons. The van der Waals surface area contributed by atoms with Crippen LogP contribution < -0.4 is 4.74 Å². The zero-order valence-corrected chi connectivity index (χ0v) is 14.5. The maximum Gasteiger partial charge on any atom is 0.259 e. The van der Waals surface area contributed by atoms with Crippen LogP contribution in [0.1, 0.15) is 46.2 Å². The predicted octanol–water partition coefficient (Wildman–Crippen LogP) is 2.38. The van der Waals surface area contributed by atoms with Gasteiger partial charge in [0.15, 0.2) is 0 Å². The number of nitrogens with zero attached hydrogens (tertiary/aromatic N) is 4. The van der Waals surface area contributed by atoms with Crippen LogP contribution in [0.4, 0.5) is 0 Å². The molecule has 3 heterocycles. The standard InChI is InChI=1S/C17H22N4O3/c1-10-9-15(19-13(4)18-10)23-14-5-7-21(8-6-14)17(22)16-11(2)20-24-12(16)3/h9,14H,5-8H2,1-4H3. The number of ether oxygens (including phenoxy) is 1. The highest BCUT2D eigenvalue weighted by atomic mass is 16.5. The molecule has 7 heteroatoms. The number of rotatable bonds is 3. The zero-order chi connectivity index (χ0) is 17.3. The molecule has 7 nitrogen and oxygen atoms in total. The molecule has 0 N–H and O–H groups in total. The van der Waals surface area contributed by atoms with Gasteiger partial charge in [-0.2, -0.15) is 4.98 Å². The van der Waals surface area contributed by atoms with Crippen molar-refractivity contribution in [3.8, 4) is 5.88 Å². The van der Waals surface area contributed by atoms with E-state index in [0.29, 0.717) is 41.8 Å². The van der Waals surface area contributed by atoms with Crippen molar-refractivity contribution in [2.24, 2.45) is 0 Å². The zero-order valence-electron chi connectivity index (χ0n) is 14.5. The van der Waals surface area contributed by atoms with E-state index in [-0.39, 0.29) is 12.0 Å². The largest absolute Gasteiger partial charge is 0.474 e. The number of hydrogen-bond donors (Lipinski definition) is 0. The molecule has 2 aromatic rings. The summed E-state index contributed by atoms with van der Waals surface area (Å²) < 4.78 is 11.1. The molecular weight excluding hydrogens is 308 g/mol. The van der Waals surface area contributed by atoms with Gasteiger partial charge in [0.25, 0.3) is 5.91 Å². The second kappa shape index (κ2) is 6.59. The van der Waals surface area contributed by atoms with E-state index in [1.54, 1.807) is 13.8 Å². The number of hydrogen-bond acceptors (Lipinski definition) is 6. The van der Waals surface area contributed by atoms with Gasteiger partial charge in [0, 0.05) is 37.7 Å². The molecule has 0 aliphatic carbocycles. The fraction of sp³-hybridized carbons (Fsp3) is 0.529. The van der Waals surface area contributed by atoms with Crippen molar-refractivity contribution in [1.29, 1.82) is 0 Å². The van der Waals surface area contributed by atoms with Crippen molar-refractivity contribution < 1.29 is 14.1 Å². The van der Waals surface area contributed by atoms with E-state index in [4.69, 9.17) is 9.26 Å². The maximum absolute atomic E-state index is 12.6. The summed E-state index contributed by atoms with van der Waals surface area (Å²) in [5, 5.41) is 3.86. The molecule has 1 amide bonds. The van der Waals surface area contributed by atoms with Crippen LogP contribution in [0.25, 0.3) is 0 Å². The third kappa shape index (κ3) is 3.39. The van der Waals surface area contributed by atoms with Gasteiger partial charge >= 0.3 is 0 Å². The quantitative estimate of drug-likeness (QED) is 0.859. The Morgan fingerprint density at radius 3 is 2.50 bits per heavy atom. The lowest BCUT2D eigenvalue weighted by Gasteiger charge is -2.32. The molecular formula is C17H22N4O3. The Kier molecular flexibility index (Phi) is 4.51. The molecule has 3 rings (SSSR count). The molecule has 24 heavy (non-hydrogen) atoms. The number of carbonyl (C=O) groups excluding carboxylic acids is 1. The average molecular weight is 330 g/mol. The van der Waals surface area contributed by atoms with Crippen molar-refractivity contribution in [3.05, 3.63) is 34.6 Å². The Balaban J connectivity index is 1.60. The molecule has 1 saturated heterocycles. The number of piperidine rings is 1. The fourth-order valence-electron chi connectivity index (χ4n) is 3.04. The van der Waals surface area contributed by atoms with Gasteiger partial charge in [-0.05, 0) is 27.7 Å². The molecule has 1 aliphatic heterocycles. The second-order valence-electron chi connectivity index (χ2n) is 6.20. The van der Waals surface area contributed by atoms with Gasteiger partial charge < -0.3 is 14.2 Å². The van der Waals surface area contributed by atoms with Crippen LogP contribution in [0.15, 0.2) is 10.6 Å². The topological polar surface area (TPSA) is 81.4 Å². The highest BCUT2D eigenvalue weighted by molar-refractivity contribution is 5.96. The third-order valence-electron chi connectivity index (χ3n) is 4.21. The van der Waals surface area contributed by atoms with E-state index in [0.717, 1.165) is 18.5 Å². The van der Waals surface area contributed by atoms with Gasteiger partial charge in [0.2, 0.25) is 5.88 Å². The summed E-state index contributed by atoms with van der Waals surface area (Å²) in [7, 11) is 0. The van der Waals surface area contributed by atoms with Crippen LogP contribution >= 0.6 is 0 Å². The highest BCUT2D eigenvalue weighted by Gasteiger charge is 2.28. The van der Waals surface area contributed by atoms with Crippen molar-refractivity contribution in [2.45, 2.75) is 46.6 Å². The average Bonchev–Trinajstić information content (AvgIpc) is 2.85. The molecule has 0 radical (unpaired) electrons. The second-order valence-corrected chi connectivity index (χ2v) is 6.20. The Labute approximate surface area is 141 Å². The summed E-state index contributed by atoms with van der Waals surface area (Å²) in [5.41, 5.74) is 2.11. The van der Waals surface area contributed by atoms with Crippen LogP contribution in [0.5, 0.6) is 5.88 Å². The predicted molar refractivity (Wildman–Crippen MR) is 87.0 cm³/mol. The summed E-state index contributed by atoms with van der Waals surface area (Å²) in [4.78, 5) is 23.0. The first-order valence-corrected chi connectivity index (χ1v) is 8.15. The van der Waals surface area contributed by atoms with Crippen LogP contribution in [-0.4, -0.2) is 45.1 Å². The first kappa shape index (κ1) is 16.4. The summed E-state index contributed by atoms with van der Waals surface area (Å²) in [6.07, 6.45) is 1.61. The van der Waals surface area contributed by atoms with E-state index in [1.807, 2.05) is 24.8 Å². The van der Waals surface area contributed by atoms with E-state index in [2.05, 4.69) is 15.1 Å². The van der Waals surface area contributed by atoms with E-state index < -0.39 is 0 Å². The normalized spacial score (nSPS) is 15.6. The molecule has 0 unspecified atom stereocenters. The van der Waals surface area contributed by atoms with E-state index in [9.17, 15) is 4.79 Å². The highest BCUT2D eigenvalue weighted by Crippen LogP contribution is 2.21. The Bertz CT molecular complexity index is 709. The number of amides is 1. The molecule has 2 aromatic heterocycles. The summed E-state index contributed by atoms with van der Waals surface area (Å²) in [5.74, 6) is 1.87. The van der Waals surface area contributed by atoms with Crippen LogP contribution in [0, 0.1) is 27.7 Å². The minimum atomic E-state index is -0.0153. The lowest BCUT2D eigenvalue weighted by atomic mass is 10.1. The first-order chi connectivity index (χ1) is 11.4. The smallest absolute Gasteiger partial charge is 0.259 e.